The third kappa shape index (κ3) is 3.99. The maximum absolute atomic E-state index is 12.9. The number of anilines is 1. The predicted octanol–water partition coefficient (Wildman–Crippen LogP) is 3.89. The van der Waals surface area contributed by atoms with Crippen molar-refractivity contribution in [1.82, 2.24) is 0 Å². The first-order valence-electron chi connectivity index (χ1n) is 8.23. The molecule has 0 spiro atoms. The second-order valence-electron chi connectivity index (χ2n) is 6.26. The minimum atomic E-state index is -0.659. The molecule has 0 saturated heterocycles. The molecule has 0 unspecified atom stereocenters. The van der Waals surface area contributed by atoms with E-state index < -0.39 is 24.2 Å². The van der Waals surface area contributed by atoms with Crippen LogP contribution >= 0.6 is 11.3 Å². The molecule has 1 fully saturated rings. The lowest BCUT2D eigenvalue weighted by atomic mass is 10.1. The summed E-state index contributed by atoms with van der Waals surface area (Å²) >= 11 is 1.32. The smallest absolute Gasteiger partial charge is 0.341 e. The topological polar surface area (TPSA) is 72.5 Å². The second kappa shape index (κ2) is 7.37. The standard InChI is InChI=1S/C19H18FNO4S/c1-10-11(2)26-18(21-17(23)13-3-4-13)16(10)19(24)25-9-15(22)12-5-7-14(20)8-6-12/h5-8,13H,3-4,9H2,1-2H3,(H,21,23). The second-order valence-corrected chi connectivity index (χ2v) is 7.48. The van der Waals surface area contributed by atoms with Gasteiger partial charge in [0.25, 0.3) is 0 Å². The lowest BCUT2D eigenvalue weighted by molar-refractivity contribution is -0.117. The van der Waals surface area contributed by atoms with E-state index in [-0.39, 0.29) is 23.0 Å². The Hall–Kier alpha value is -2.54. The average Bonchev–Trinajstić information content (AvgIpc) is 3.41. The van der Waals surface area contributed by atoms with Gasteiger partial charge < -0.3 is 10.1 Å². The van der Waals surface area contributed by atoms with E-state index in [4.69, 9.17) is 4.74 Å². The van der Waals surface area contributed by atoms with E-state index in [1.54, 1.807) is 6.92 Å². The van der Waals surface area contributed by atoms with Crippen LogP contribution in [0, 0.1) is 25.6 Å². The number of aryl methyl sites for hydroxylation is 1. The number of ether oxygens (including phenoxy) is 1. The Morgan fingerprint density at radius 1 is 1.19 bits per heavy atom. The SMILES string of the molecule is Cc1sc(NC(=O)C2CC2)c(C(=O)OCC(=O)c2ccc(F)cc2)c1C. The summed E-state index contributed by atoms with van der Waals surface area (Å²) in [5.74, 6) is -1.61. The molecule has 1 aromatic heterocycles. The van der Waals surface area contributed by atoms with Crippen molar-refractivity contribution in [3.8, 4) is 0 Å². The van der Waals surface area contributed by atoms with Gasteiger partial charge in [0.2, 0.25) is 5.91 Å². The molecule has 1 aromatic carbocycles. The number of ketones is 1. The molecule has 0 atom stereocenters. The molecule has 1 heterocycles. The molecule has 0 radical (unpaired) electrons. The van der Waals surface area contributed by atoms with Gasteiger partial charge in [-0.25, -0.2) is 9.18 Å². The summed E-state index contributed by atoms with van der Waals surface area (Å²) in [6, 6.07) is 5.03. The van der Waals surface area contributed by atoms with Crippen LogP contribution < -0.4 is 5.32 Å². The zero-order valence-electron chi connectivity index (χ0n) is 14.4. The van der Waals surface area contributed by atoms with Crippen LogP contribution in [0.2, 0.25) is 0 Å². The molecule has 5 nitrogen and oxygen atoms in total. The number of amides is 1. The van der Waals surface area contributed by atoms with Crippen molar-refractivity contribution >= 4 is 34.0 Å². The Labute approximate surface area is 154 Å². The van der Waals surface area contributed by atoms with Crippen molar-refractivity contribution in [3.05, 3.63) is 51.7 Å². The molecular weight excluding hydrogens is 357 g/mol. The zero-order chi connectivity index (χ0) is 18.8. The molecule has 1 N–H and O–H groups in total. The molecule has 0 bridgehead atoms. The fraction of sp³-hybridized carbons (Fsp3) is 0.316. The number of benzene rings is 1. The van der Waals surface area contributed by atoms with E-state index in [0.29, 0.717) is 5.00 Å². The monoisotopic (exact) mass is 375 g/mol. The van der Waals surface area contributed by atoms with Gasteiger partial charge in [0.1, 0.15) is 10.8 Å². The first-order valence-corrected chi connectivity index (χ1v) is 9.05. The van der Waals surface area contributed by atoms with Crippen LogP contribution in [0.1, 0.15) is 44.0 Å². The van der Waals surface area contributed by atoms with Gasteiger partial charge in [0.05, 0.1) is 5.56 Å². The van der Waals surface area contributed by atoms with Crippen molar-refractivity contribution in [2.45, 2.75) is 26.7 Å². The number of carbonyl (C=O) groups excluding carboxylic acids is 3. The molecule has 136 valence electrons. The maximum Gasteiger partial charge on any atom is 0.341 e. The summed E-state index contributed by atoms with van der Waals surface area (Å²) in [5, 5.41) is 3.25. The minimum absolute atomic E-state index is 0.0154. The molecule has 7 heteroatoms. The van der Waals surface area contributed by atoms with Gasteiger partial charge in [0, 0.05) is 16.4 Å². The first kappa shape index (κ1) is 18.3. The average molecular weight is 375 g/mol. The number of esters is 1. The van der Waals surface area contributed by atoms with Crippen LogP contribution in [0.4, 0.5) is 9.39 Å². The number of Topliss-reactive ketones (excluding diaryl/α,β-unsaturated/α-hetero) is 1. The Morgan fingerprint density at radius 3 is 2.46 bits per heavy atom. The van der Waals surface area contributed by atoms with Crippen molar-refractivity contribution in [2.24, 2.45) is 5.92 Å². The Bertz CT molecular complexity index is 868. The van der Waals surface area contributed by atoms with Crippen LogP contribution in [0.25, 0.3) is 0 Å². The fourth-order valence-electron chi connectivity index (χ4n) is 2.44. The summed E-state index contributed by atoms with van der Waals surface area (Å²) in [5.41, 5.74) is 1.27. The highest BCUT2D eigenvalue weighted by atomic mass is 32.1. The van der Waals surface area contributed by atoms with E-state index in [2.05, 4.69) is 5.32 Å². The highest BCUT2D eigenvalue weighted by molar-refractivity contribution is 7.16. The summed E-state index contributed by atoms with van der Waals surface area (Å²) < 4.78 is 18.1. The number of hydrogen-bond acceptors (Lipinski definition) is 5. The number of halogens is 1. The van der Waals surface area contributed by atoms with E-state index >= 15 is 0 Å². The lowest BCUT2D eigenvalue weighted by Crippen LogP contribution is -2.18. The number of thiophene rings is 1. The molecule has 1 aliphatic rings. The molecule has 1 aliphatic carbocycles. The molecular formula is C19H18FNO4S. The zero-order valence-corrected chi connectivity index (χ0v) is 15.2. The molecule has 26 heavy (non-hydrogen) atoms. The third-order valence-electron chi connectivity index (χ3n) is 4.27. The minimum Gasteiger partial charge on any atom is -0.454 e. The Balaban J connectivity index is 1.69. The largest absolute Gasteiger partial charge is 0.454 e. The lowest BCUT2D eigenvalue weighted by Gasteiger charge is -2.08. The molecule has 2 aromatic rings. The van der Waals surface area contributed by atoms with Gasteiger partial charge >= 0.3 is 5.97 Å². The third-order valence-corrected chi connectivity index (χ3v) is 5.40. The van der Waals surface area contributed by atoms with E-state index in [0.717, 1.165) is 23.3 Å². The summed E-state index contributed by atoms with van der Waals surface area (Å²) in [6.07, 6.45) is 1.72. The number of nitrogens with one attached hydrogen (secondary N) is 1. The van der Waals surface area contributed by atoms with Crippen molar-refractivity contribution in [3.63, 3.8) is 0 Å². The van der Waals surface area contributed by atoms with Gasteiger partial charge in [-0.3, -0.25) is 9.59 Å². The molecule has 0 aliphatic heterocycles. The molecule has 1 saturated carbocycles. The van der Waals surface area contributed by atoms with Crippen LogP contribution in [0.15, 0.2) is 24.3 Å². The normalized spacial score (nSPS) is 13.3. The van der Waals surface area contributed by atoms with Gasteiger partial charge in [-0.1, -0.05) is 0 Å². The van der Waals surface area contributed by atoms with Gasteiger partial charge in [-0.2, -0.15) is 0 Å². The van der Waals surface area contributed by atoms with Crippen LogP contribution in [0.5, 0.6) is 0 Å². The van der Waals surface area contributed by atoms with Crippen LogP contribution in [-0.2, 0) is 9.53 Å². The number of rotatable bonds is 6. The quantitative estimate of drug-likeness (QED) is 0.614. The van der Waals surface area contributed by atoms with E-state index in [9.17, 15) is 18.8 Å². The summed E-state index contributed by atoms with van der Waals surface area (Å²) in [6.45, 7) is 3.18. The maximum atomic E-state index is 12.9. The van der Waals surface area contributed by atoms with Crippen LogP contribution in [-0.4, -0.2) is 24.3 Å². The van der Waals surface area contributed by atoms with E-state index in [1.165, 1.54) is 35.6 Å². The fourth-order valence-corrected chi connectivity index (χ4v) is 3.49. The number of carbonyl (C=O) groups is 3. The summed E-state index contributed by atoms with van der Waals surface area (Å²) in [4.78, 5) is 37.5. The van der Waals surface area contributed by atoms with Crippen molar-refractivity contribution < 1.29 is 23.5 Å². The van der Waals surface area contributed by atoms with E-state index in [1.807, 2.05) is 6.92 Å². The summed E-state index contributed by atoms with van der Waals surface area (Å²) in [7, 11) is 0. The first-order chi connectivity index (χ1) is 12.4. The predicted molar refractivity (Wildman–Crippen MR) is 96.2 cm³/mol. The Morgan fingerprint density at radius 2 is 1.85 bits per heavy atom. The van der Waals surface area contributed by atoms with Gasteiger partial charge in [-0.05, 0) is 56.5 Å². The molecule has 3 rings (SSSR count). The highest BCUT2D eigenvalue weighted by Crippen LogP contribution is 2.36. The van der Waals surface area contributed by atoms with Gasteiger partial charge in [-0.15, -0.1) is 11.3 Å². The van der Waals surface area contributed by atoms with Gasteiger partial charge in [0.15, 0.2) is 12.4 Å². The molecule has 1 amide bonds. The van der Waals surface area contributed by atoms with Crippen molar-refractivity contribution in [2.75, 3.05) is 11.9 Å². The number of hydrogen-bond donors (Lipinski definition) is 1. The Kier molecular flexibility index (Phi) is 5.18. The van der Waals surface area contributed by atoms with Crippen LogP contribution in [0.3, 0.4) is 0 Å². The highest BCUT2D eigenvalue weighted by Gasteiger charge is 2.31. The van der Waals surface area contributed by atoms with Crippen molar-refractivity contribution in [1.29, 1.82) is 0 Å².